The fraction of sp³-hybridized carbons (Fsp3) is 0.385. The van der Waals surface area contributed by atoms with E-state index in [9.17, 15) is 9.59 Å². The van der Waals surface area contributed by atoms with E-state index in [0.29, 0.717) is 41.6 Å². The molecule has 1 fully saturated rings. The largest absolute Gasteiger partial charge is 0.493 e. The molecule has 1 heterocycles. The highest BCUT2D eigenvalue weighted by Gasteiger charge is 2.42. The first-order valence-corrected chi connectivity index (χ1v) is 11.0. The Kier molecular flexibility index (Phi) is 6.68. The molecule has 2 atom stereocenters. The van der Waals surface area contributed by atoms with Crippen molar-refractivity contribution < 1.29 is 38.0 Å². The quantitative estimate of drug-likeness (QED) is 0.564. The molecule has 8 nitrogen and oxygen atoms in total. The molecular formula is C26H28O8. The van der Waals surface area contributed by atoms with Crippen molar-refractivity contribution in [3.63, 3.8) is 0 Å². The zero-order valence-corrected chi connectivity index (χ0v) is 19.9. The van der Waals surface area contributed by atoms with E-state index < -0.39 is 17.8 Å². The van der Waals surface area contributed by atoms with E-state index in [2.05, 4.69) is 0 Å². The van der Waals surface area contributed by atoms with Gasteiger partial charge in [0.05, 0.1) is 47.6 Å². The lowest BCUT2D eigenvalue weighted by molar-refractivity contribution is -0.142. The van der Waals surface area contributed by atoms with Crippen LogP contribution in [0.4, 0.5) is 0 Å². The topological polar surface area (TPSA) is 89.5 Å². The lowest BCUT2D eigenvalue weighted by Gasteiger charge is -2.25. The van der Waals surface area contributed by atoms with E-state index in [-0.39, 0.29) is 12.6 Å². The van der Waals surface area contributed by atoms with Crippen molar-refractivity contribution in [1.29, 1.82) is 0 Å². The smallest absolute Gasteiger partial charge is 0.334 e. The molecule has 0 radical (unpaired) electrons. The van der Waals surface area contributed by atoms with E-state index in [0.717, 1.165) is 22.3 Å². The molecule has 8 heteroatoms. The third-order valence-corrected chi connectivity index (χ3v) is 6.27. The summed E-state index contributed by atoms with van der Waals surface area (Å²) in [5.41, 5.74) is 3.41. The molecule has 2 unspecified atom stereocenters. The van der Waals surface area contributed by atoms with Crippen LogP contribution in [0.25, 0.3) is 17.2 Å². The van der Waals surface area contributed by atoms with Crippen LogP contribution in [0.2, 0.25) is 0 Å². The van der Waals surface area contributed by atoms with Gasteiger partial charge in [0.2, 0.25) is 0 Å². The van der Waals surface area contributed by atoms with Crippen LogP contribution in [0.3, 0.4) is 0 Å². The van der Waals surface area contributed by atoms with Crippen molar-refractivity contribution in [3.8, 4) is 34.1 Å². The van der Waals surface area contributed by atoms with E-state index in [4.69, 9.17) is 28.4 Å². The van der Waals surface area contributed by atoms with E-state index in [1.165, 1.54) is 0 Å². The van der Waals surface area contributed by atoms with Crippen molar-refractivity contribution in [2.75, 3.05) is 41.7 Å². The number of methoxy groups -OCH3 is 4. The number of fused-ring (bicyclic) bond motifs is 3. The lowest BCUT2D eigenvalue weighted by Crippen LogP contribution is -2.24. The second kappa shape index (κ2) is 9.67. The van der Waals surface area contributed by atoms with Crippen molar-refractivity contribution >= 4 is 18.0 Å². The van der Waals surface area contributed by atoms with Crippen LogP contribution in [0.15, 0.2) is 29.8 Å². The number of benzene rings is 2. The number of carbonyl (C=O) groups is 2. The summed E-state index contributed by atoms with van der Waals surface area (Å²) >= 11 is 0. The molecule has 1 aliphatic carbocycles. The van der Waals surface area contributed by atoms with E-state index in [1.807, 2.05) is 24.3 Å². The molecule has 0 spiro atoms. The van der Waals surface area contributed by atoms with Crippen LogP contribution >= 0.6 is 0 Å². The first-order chi connectivity index (χ1) is 16.5. The first-order valence-electron chi connectivity index (χ1n) is 11.0. The highest BCUT2D eigenvalue weighted by atomic mass is 16.5. The maximum atomic E-state index is 13.2. The van der Waals surface area contributed by atoms with Crippen LogP contribution in [-0.2, 0) is 19.1 Å². The molecule has 0 amide bonds. The minimum absolute atomic E-state index is 0.204. The molecule has 2 aromatic rings. The second-order valence-corrected chi connectivity index (χ2v) is 7.95. The van der Waals surface area contributed by atoms with Gasteiger partial charge in [-0.3, -0.25) is 4.79 Å². The minimum Gasteiger partial charge on any atom is -0.493 e. The molecule has 2 aromatic carbocycles. The monoisotopic (exact) mass is 468 g/mol. The van der Waals surface area contributed by atoms with Crippen LogP contribution in [0.5, 0.6) is 23.0 Å². The average molecular weight is 469 g/mol. The Morgan fingerprint density at radius 2 is 1.50 bits per heavy atom. The fourth-order valence-corrected chi connectivity index (χ4v) is 4.71. The number of hydrogen-bond donors (Lipinski definition) is 0. The van der Waals surface area contributed by atoms with Gasteiger partial charge >= 0.3 is 11.9 Å². The third-order valence-electron chi connectivity index (χ3n) is 6.27. The molecule has 34 heavy (non-hydrogen) atoms. The van der Waals surface area contributed by atoms with Gasteiger partial charge in [-0.1, -0.05) is 0 Å². The number of esters is 2. The van der Waals surface area contributed by atoms with Gasteiger partial charge < -0.3 is 28.4 Å². The molecule has 0 bridgehead atoms. The minimum atomic E-state index is -0.603. The van der Waals surface area contributed by atoms with Gasteiger partial charge in [0.25, 0.3) is 0 Å². The lowest BCUT2D eigenvalue weighted by atomic mass is 9.78. The Hall–Kier alpha value is -3.68. The number of rotatable bonds is 7. The standard InChI is InChI=1S/C26H28O8/c1-6-33-26(28)19-9-14-10-20(29-2)21(30-3)11-16(14)17-12-22(31-4)23(32-5)13-18(17)24(19)15-7-8-34-25(15)27/h9-13,15,24H,6-8H2,1-5H3. The Balaban J connectivity index is 2.09. The molecule has 1 saturated heterocycles. The summed E-state index contributed by atoms with van der Waals surface area (Å²) in [6.45, 7) is 2.25. The van der Waals surface area contributed by atoms with Gasteiger partial charge in [-0.2, -0.15) is 0 Å². The molecule has 0 saturated carbocycles. The predicted molar refractivity (Wildman–Crippen MR) is 125 cm³/mol. The molecule has 4 rings (SSSR count). The van der Waals surface area contributed by atoms with E-state index in [1.54, 1.807) is 41.4 Å². The van der Waals surface area contributed by atoms with Gasteiger partial charge in [0.15, 0.2) is 23.0 Å². The van der Waals surface area contributed by atoms with Crippen LogP contribution in [0.1, 0.15) is 30.4 Å². The third kappa shape index (κ3) is 3.93. The van der Waals surface area contributed by atoms with E-state index >= 15 is 0 Å². The summed E-state index contributed by atoms with van der Waals surface area (Å²) in [4.78, 5) is 26.0. The summed E-state index contributed by atoms with van der Waals surface area (Å²) in [7, 11) is 6.22. The molecule has 180 valence electrons. The first kappa shape index (κ1) is 23.5. The van der Waals surface area contributed by atoms with Crippen molar-refractivity contribution in [3.05, 3.63) is 41.0 Å². The van der Waals surface area contributed by atoms with Crippen molar-refractivity contribution in [2.45, 2.75) is 19.3 Å². The zero-order chi connectivity index (χ0) is 24.4. The predicted octanol–water partition coefficient (Wildman–Crippen LogP) is 3.99. The summed E-state index contributed by atoms with van der Waals surface area (Å²) in [6, 6.07) is 7.34. The number of ether oxygens (including phenoxy) is 6. The Labute approximate surface area is 198 Å². The highest BCUT2D eigenvalue weighted by Crippen LogP contribution is 2.51. The number of carbonyl (C=O) groups excluding carboxylic acids is 2. The molecule has 0 aromatic heterocycles. The SMILES string of the molecule is CCOC(=O)C1=Cc2cc(OC)c(OC)cc2-c2cc(OC)c(OC)cc2C1C1CCOC1=O. The second-order valence-electron chi connectivity index (χ2n) is 7.95. The Morgan fingerprint density at radius 1 is 0.912 bits per heavy atom. The normalized spacial score (nSPS) is 18.6. The number of hydrogen-bond acceptors (Lipinski definition) is 8. The molecule has 2 aliphatic rings. The maximum absolute atomic E-state index is 13.2. The highest BCUT2D eigenvalue weighted by molar-refractivity contribution is 6.01. The van der Waals surface area contributed by atoms with Crippen LogP contribution in [0, 0.1) is 5.92 Å². The average Bonchev–Trinajstić information content (AvgIpc) is 3.22. The van der Waals surface area contributed by atoms with Gasteiger partial charge in [-0.05, 0) is 65.9 Å². The molecular weight excluding hydrogens is 440 g/mol. The fourth-order valence-electron chi connectivity index (χ4n) is 4.71. The molecule has 1 aliphatic heterocycles. The van der Waals surface area contributed by atoms with Gasteiger partial charge in [-0.25, -0.2) is 4.79 Å². The van der Waals surface area contributed by atoms with Gasteiger partial charge in [-0.15, -0.1) is 0 Å². The molecule has 0 N–H and O–H groups in total. The summed E-state index contributed by atoms with van der Waals surface area (Å²) in [5, 5.41) is 0. The Morgan fingerprint density at radius 3 is 2.06 bits per heavy atom. The summed E-state index contributed by atoms with van der Waals surface area (Å²) in [5.74, 6) is 0.0730. The van der Waals surface area contributed by atoms with Gasteiger partial charge in [0.1, 0.15) is 0 Å². The van der Waals surface area contributed by atoms with Crippen LogP contribution in [-0.4, -0.2) is 53.6 Å². The maximum Gasteiger partial charge on any atom is 0.334 e. The van der Waals surface area contributed by atoms with Crippen molar-refractivity contribution in [1.82, 2.24) is 0 Å². The van der Waals surface area contributed by atoms with Crippen molar-refractivity contribution in [2.24, 2.45) is 5.92 Å². The summed E-state index contributed by atoms with van der Waals surface area (Å²) in [6.07, 6.45) is 2.25. The van der Waals surface area contributed by atoms with Crippen LogP contribution < -0.4 is 18.9 Å². The Bertz CT molecular complexity index is 1150. The van der Waals surface area contributed by atoms with Gasteiger partial charge in [0, 0.05) is 11.5 Å². The number of cyclic esters (lactones) is 1. The zero-order valence-electron chi connectivity index (χ0n) is 19.9. The summed E-state index contributed by atoms with van der Waals surface area (Å²) < 4.78 is 32.9.